The monoisotopic (exact) mass is 506 g/mol. The van der Waals surface area contributed by atoms with Gasteiger partial charge in [0, 0.05) is 40.7 Å². The van der Waals surface area contributed by atoms with Crippen LogP contribution in [0.5, 0.6) is 5.75 Å². The molecule has 37 heavy (non-hydrogen) atoms. The molecule has 0 fully saturated rings. The molecule has 2 aromatic heterocycles. The predicted octanol–water partition coefficient (Wildman–Crippen LogP) is 6.45. The Labute approximate surface area is 219 Å². The second-order valence-electron chi connectivity index (χ2n) is 8.87. The summed E-state index contributed by atoms with van der Waals surface area (Å²) in [6, 6.07) is 29.0. The molecule has 0 bridgehead atoms. The van der Waals surface area contributed by atoms with Gasteiger partial charge in [0.05, 0.1) is 11.7 Å². The van der Waals surface area contributed by atoms with Gasteiger partial charge in [-0.15, -0.1) is 0 Å². The molecule has 1 aliphatic heterocycles. The highest BCUT2D eigenvalue weighted by Gasteiger charge is 2.42. The minimum atomic E-state index is -0.311. The van der Waals surface area contributed by atoms with Crippen molar-refractivity contribution in [3.05, 3.63) is 136 Å². The Morgan fingerprint density at radius 2 is 1.70 bits per heavy atom. The number of nitrogens with zero attached hydrogens (tertiary/aromatic N) is 3. The Balaban J connectivity index is 1.35. The number of H-pyrrole nitrogens is 1. The zero-order chi connectivity index (χ0) is 25.2. The molecule has 1 N–H and O–H groups in total. The fourth-order valence-corrected chi connectivity index (χ4v) is 4.92. The molecule has 6 rings (SSSR count). The number of hydrogen-bond donors (Lipinski definition) is 1. The van der Waals surface area contributed by atoms with Gasteiger partial charge in [-0.25, -0.2) is 0 Å². The molecule has 182 valence electrons. The van der Waals surface area contributed by atoms with Gasteiger partial charge in [-0.1, -0.05) is 78.3 Å². The first-order chi connectivity index (χ1) is 18.2. The third-order valence-corrected chi connectivity index (χ3v) is 6.90. The highest BCUT2D eigenvalue weighted by molar-refractivity contribution is 6.31. The van der Waals surface area contributed by atoms with E-state index < -0.39 is 0 Å². The topological polar surface area (TPSA) is 71.1 Å². The molecule has 6 nitrogen and oxygen atoms in total. The molecule has 7 heteroatoms. The van der Waals surface area contributed by atoms with E-state index in [1.54, 1.807) is 12.4 Å². The van der Waals surface area contributed by atoms with Gasteiger partial charge in [0.1, 0.15) is 18.1 Å². The summed E-state index contributed by atoms with van der Waals surface area (Å²) < 4.78 is 5.99. The fourth-order valence-electron chi connectivity index (χ4n) is 4.73. The van der Waals surface area contributed by atoms with Crippen LogP contribution in [0.2, 0.25) is 5.02 Å². The van der Waals surface area contributed by atoms with Crippen LogP contribution in [0, 0.1) is 0 Å². The van der Waals surface area contributed by atoms with Gasteiger partial charge in [-0.3, -0.25) is 14.9 Å². The van der Waals surface area contributed by atoms with E-state index in [2.05, 4.69) is 15.2 Å². The van der Waals surface area contributed by atoms with Gasteiger partial charge in [-0.05, 0) is 35.4 Å². The van der Waals surface area contributed by atoms with Crippen LogP contribution >= 0.6 is 11.6 Å². The van der Waals surface area contributed by atoms with Crippen molar-refractivity contribution in [2.24, 2.45) is 0 Å². The van der Waals surface area contributed by atoms with E-state index in [-0.39, 0.29) is 11.9 Å². The quantitative estimate of drug-likeness (QED) is 0.275. The van der Waals surface area contributed by atoms with Crippen molar-refractivity contribution in [3.63, 3.8) is 0 Å². The molecule has 0 saturated carbocycles. The van der Waals surface area contributed by atoms with Crippen molar-refractivity contribution >= 4 is 17.5 Å². The Morgan fingerprint density at radius 1 is 0.919 bits per heavy atom. The maximum atomic E-state index is 13.6. The van der Waals surface area contributed by atoms with E-state index >= 15 is 0 Å². The fraction of sp³-hybridized carbons (Fsp3) is 0.100. The van der Waals surface area contributed by atoms with Crippen LogP contribution < -0.4 is 4.74 Å². The molecule has 0 aliphatic carbocycles. The normalized spacial score (nSPS) is 14.6. The Morgan fingerprint density at radius 3 is 2.46 bits per heavy atom. The zero-order valence-electron chi connectivity index (χ0n) is 19.8. The number of nitrogens with one attached hydrogen (secondary N) is 1. The largest absolute Gasteiger partial charge is 0.489 e. The number of amides is 1. The number of fused-ring (bicyclic) bond motifs is 1. The molecule has 1 atom stereocenters. The number of hydrogen-bond acceptors (Lipinski definition) is 4. The zero-order valence-corrected chi connectivity index (χ0v) is 20.6. The predicted molar refractivity (Wildman–Crippen MR) is 142 cm³/mol. The lowest BCUT2D eigenvalue weighted by atomic mass is 9.96. The number of halogens is 1. The van der Waals surface area contributed by atoms with Gasteiger partial charge in [0.25, 0.3) is 5.91 Å². The van der Waals surface area contributed by atoms with Gasteiger partial charge in [-0.2, -0.15) is 5.10 Å². The maximum absolute atomic E-state index is 13.6. The van der Waals surface area contributed by atoms with Crippen LogP contribution in [0.25, 0.3) is 11.3 Å². The first kappa shape index (κ1) is 23.0. The average molecular weight is 507 g/mol. The summed E-state index contributed by atoms with van der Waals surface area (Å²) in [5.74, 6) is 0.639. The highest BCUT2D eigenvalue weighted by Crippen LogP contribution is 2.43. The van der Waals surface area contributed by atoms with Crippen LogP contribution in [0.3, 0.4) is 0 Å². The lowest BCUT2D eigenvalue weighted by Crippen LogP contribution is -2.29. The molecule has 0 saturated heterocycles. The van der Waals surface area contributed by atoms with Crippen LogP contribution in [-0.4, -0.2) is 26.0 Å². The number of carbonyl (C=O) groups excluding carboxylic acids is 1. The molecule has 3 aromatic carbocycles. The third kappa shape index (κ3) is 4.47. The molecule has 1 amide bonds. The van der Waals surface area contributed by atoms with E-state index in [1.165, 1.54) is 0 Å². The summed E-state index contributed by atoms with van der Waals surface area (Å²) in [6.07, 6.45) is 3.52. The standard InChI is InChI=1S/C30H23ClN4O2/c31-25-11-5-4-10-23(25)19-37-24-14-12-22(13-15-24)29-26-27(21-8-2-1-3-9-21)33-34-28(26)30(36)35(29)18-20-7-6-16-32-17-20/h1-17,29H,18-19H2,(H,33,34). The number of carbonyl (C=O) groups is 1. The number of benzene rings is 3. The Bertz CT molecular complexity index is 1540. The van der Waals surface area contributed by atoms with Gasteiger partial charge in [0.2, 0.25) is 0 Å². The average Bonchev–Trinajstić information content (AvgIpc) is 3.49. The summed E-state index contributed by atoms with van der Waals surface area (Å²) >= 11 is 6.27. The van der Waals surface area contributed by atoms with Crippen LogP contribution in [0.4, 0.5) is 0 Å². The van der Waals surface area contributed by atoms with Gasteiger partial charge < -0.3 is 9.64 Å². The first-order valence-corrected chi connectivity index (χ1v) is 12.4. The second-order valence-corrected chi connectivity index (χ2v) is 9.28. The van der Waals surface area contributed by atoms with E-state index in [0.717, 1.165) is 39.3 Å². The van der Waals surface area contributed by atoms with Gasteiger partial charge >= 0.3 is 0 Å². The summed E-state index contributed by atoms with van der Waals surface area (Å²) in [5, 5.41) is 8.23. The summed E-state index contributed by atoms with van der Waals surface area (Å²) in [6.45, 7) is 0.803. The lowest BCUT2D eigenvalue weighted by Gasteiger charge is -2.26. The molecule has 0 radical (unpaired) electrons. The van der Waals surface area contributed by atoms with E-state index in [4.69, 9.17) is 16.3 Å². The summed E-state index contributed by atoms with van der Waals surface area (Å²) in [5.41, 5.74) is 5.99. The Hall–Kier alpha value is -4.42. The number of aromatic amines is 1. The molecule has 0 spiro atoms. The minimum absolute atomic E-state index is 0.0856. The molecule has 1 unspecified atom stereocenters. The lowest BCUT2D eigenvalue weighted by molar-refractivity contribution is 0.0730. The van der Waals surface area contributed by atoms with Crippen molar-refractivity contribution in [2.75, 3.05) is 0 Å². The molecule has 3 heterocycles. The summed E-state index contributed by atoms with van der Waals surface area (Å²) in [4.78, 5) is 19.7. The molecular weight excluding hydrogens is 484 g/mol. The first-order valence-electron chi connectivity index (χ1n) is 12.0. The number of ether oxygens (including phenoxy) is 1. The third-order valence-electron chi connectivity index (χ3n) is 6.53. The number of aromatic nitrogens is 3. The van der Waals surface area contributed by atoms with Crippen molar-refractivity contribution in [1.29, 1.82) is 0 Å². The van der Waals surface area contributed by atoms with E-state index in [0.29, 0.717) is 23.9 Å². The highest BCUT2D eigenvalue weighted by atomic mass is 35.5. The SMILES string of the molecule is O=C1c2[nH]nc(-c3ccccc3)c2C(c2ccc(OCc3ccccc3Cl)cc2)N1Cc1cccnc1. The molecule has 1 aliphatic rings. The Kier molecular flexibility index (Phi) is 6.16. The molecular formula is C30H23ClN4O2. The summed E-state index contributed by atoms with van der Waals surface area (Å²) in [7, 11) is 0. The van der Waals surface area contributed by atoms with Crippen molar-refractivity contribution in [2.45, 2.75) is 19.2 Å². The van der Waals surface area contributed by atoms with Crippen molar-refractivity contribution < 1.29 is 9.53 Å². The number of pyridine rings is 1. The van der Waals surface area contributed by atoms with Crippen LogP contribution in [-0.2, 0) is 13.2 Å². The van der Waals surface area contributed by atoms with E-state index in [9.17, 15) is 4.79 Å². The van der Waals surface area contributed by atoms with Crippen LogP contribution in [0.1, 0.15) is 38.8 Å². The second kappa shape index (κ2) is 9.91. The minimum Gasteiger partial charge on any atom is -0.489 e. The van der Waals surface area contributed by atoms with Gasteiger partial charge in [0.15, 0.2) is 0 Å². The van der Waals surface area contributed by atoms with Crippen molar-refractivity contribution in [1.82, 2.24) is 20.1 Å². The smallest absolute Gasteiger partial charge is 0.273 e. The van der Waals surface area contributed by atoms with Crippen LogP contribution in [0.15, 0.2) is 103 Å². The van der Waals surface area contributed by atoms with E-state index in [1.807, 2.05) is 95.9 Å². The molecule has 5 aromatic rings. The maximum Gasteiger partial charge on any atom is 0.273 e. The van der Waals surface area contributed by atoms with Crippen molar-refractivity contribution in [3.8, 4) is 17.0 Å². The number of rotatable bonds is 7.